The Morgan fingerprint density at radius 2 is 1.89 bits per heavy atom. The maximum atomic E-state index is 11.3. The van der Waals surface area contributed by atoms with Crippen molar-refractivity contribution >= 4 is 17.6 Å². The lowest BCUT2D eigenvalue weighted by Gasteiger charge is -2.07. The number of benzene rings is 1. The van der Waals surface area contributed by atoms with Gasteiger partial charge in [0, 0.05) is 19.0 Å². The molecule has 0 atom stereocenters. The molecule has 0 aliphatic heterocycles. The molecule has 0 bridgehead atoms. The predicted octanol–water partition coefficient (Wildman–Crippen LogP) is 2.17. The molecular formula is C13H19ClN2O2. The molecule has 5 heteroatoms. The van der Waals surface area contributed by atoms with E-state index in [1.54, 1.807) is 7.11 Å². The second kappa shape index (κ2) is 8.64. The summed E-state index contributed by atoms with van der Waals surface area (Å²) in [7, 11) is 1.64. The Labute approximate surface area is 113 Å². The zero-order valence-corrected chi connectivity index (χ0v) is 11.3. The highest BCUT2D eigenvalue weighted by Gasteiger charge is 1.99. The summed E-state index contributed by atoms with van der Waals surface area (Å²) in [5, 5.41) is 5.53. The fraction of sp³-hybridized carbons (Fsp3) is 0.462. The molecule has 0 aromatic heterocycles. The highest BCUT2D eigenvalue weighted by atomic mass is 35.5. The lowest BCUT2D eigenvalue weighted by molar-refractivity contribution is 0.241. The third-order valence-electron chi connectivity index (χ3n) is 2.45. The molecule has 18 heavy (non-hydrogen) atoms. The number of amides is 2. The quantitative estimate of drug-likeness (QED) is 0.589. The normalized spacial score (nSPS) is 9.89. The molecule has 0 aliphatic rings. The summed E-state index contributed by atoms with van der Waals surface area (Å²) in [5.74, 6) is 1.40. The number of carbonyl (C=O) groups is 1. The molecule has 4 nitrogen and oxygen atoms in total. The minimum atomic E-state index is -0.145. The summed E-state index contributed by atoms with van der Waals surface area (Å²) >= 11 is 5.51. The highest BCUT2D eigenvalue weighted by Crippen LogP contribution is 2.11. The second-order valence-corrected chi connectivity index (χ2v) is 4.20. The van der Waals surface area contributed by atoms with Crippen LogP contribution in [0.1, 0.15) is 12.0 Å². The number of rotatable bonds is 7. The summed E-state index contributed by atoms with van der Waals surface area (Å²) < 4.78 is 5.08. The fourth-order valence-electron chi connectivity index (χ4n) is 1.44. The largest absolute Gasteiger partial charge is 0.497 e. The van der Waals surface area contributed by atoms with Crippen LogP contribution in [0.15, 0.2) is 24.3 Å². The average Bonchev–Trinajstić information content (AvgIpc) is 2.40. The van der Waals surface area contributed by atoms with Crippen molar-refractivity contribution in [3.05, 3.63) is 29.8 Å². The predicted molar refractivity (Wildman–Crippen MR) is 73.4 cm³/mol. The Morgan fingerprint density at radius 3 is 2.50 bits per heavy atom. The third-order valence-corrected chi connectivity index (χ3v) is 2.72. The number of halogens is 1. The summed E-state index contributed by atoms with van der Waals surface area (Å²) in [5.41, 5.74) is 1.16. The maximum absolute atomic E-state index is 11.3. The van der Waals surface area contributed by atoms with E-state index < -0.39 is 0 Å². The van der Waals surface area contributed by atoms with E-state index in [1.807, 2.05) is 24.3 Å². The van der Waals surface area contributed by atoms with Crippen LogP contribution in [0.2, 0.25) is 0 Å². The van der Waals surface area contributed by atoms with Gasteiger partial charge in [-0.15, -0.1) is 11.6 Å². The van der Waals surface area contributed by atoms with E-state index in [0.29, 0.717) is 19.0 Å². The van der Waals surface area contributed by atoms with E-state index in [4.69, 9.17) is 16.3 Å². The number of hydrogen-bond acceptors (Lipinski definition) is 2. The zero-order valence-electron chi connectivity index (χ0n) is 10.5. The molecular weight excluding hydrogens is 252 g/mol. The average molecular weight is 271 g/mol. The van der Waals surface area contributed by atoms with Crippen molar-refractivity contribution in [2.24, 2.45) is 0 Å². The molecule has 2 amide bonds. The van der Waals surface area contributed by atoms with Crippen LogP contribution in [0.3, 0.4) is 0 Å². The van der Waals surface area contributed by atoms with Crippen molar-refractivity contribution < 1.29 is 9.53 Å². The molecule has 0 fully saturated rings. The van der Waals surface area contributed by atoms with E-state index in [2.05, 4.69) is 10.6 Å². The summed E-state index contributed by atoms with van der Waals surface area (Å²) in [6.45, 7) is 1.22. The van der Waals surface area contributed by atoms with Crippen LogP contribution in [-0.4, -0.2) is 32.1 Å². The van der Waals surface area contributed by atoms with Gasteiger partial charge in [-0.25, -0.2) is 4.79 Å². The van der Waals surface area contributed by atoms with E-state index in [1.165, 1.54) is 0 Å². The molecule has 0 heterocycles. The van der Waals surface area contributed by atoms with Crippen LogP contribution in [0.25, 0.3) is 0 Å². The van der Waals surface area contributed by atoms with E-state index in [9.17, 15) is 4.79 Å². The lowest BCUT2D eigenvalue weighted by Crippen LogP contribution is -2.37. The summed E-state index contributed by atoms with van der Waals surface area (Å²) in [6, 6.07) is 7.66. The smallest absolute Gasteiger partial charge is 0.314 e. The van der Waals surface area contributed by atoms with Crippen molar-refractivity contribution in [1.82, 2.24) is 10.6 Å². The standard InChI is InChI=1S/C13H19ClN2O2/c1-18-12-5-3-11(4-6-12)7-10-16-13(17)15-9-2-8-14/h3-6H,2,7-10H2,1H3,(H2,15,16,17). The van der Waals surface area contributed by atoms with Crippen LogP contribution in [0.4, 0.5) is 4.79 Å². The van der Waals surface area contributed by atoms with Gasteiger partial charge in [0.1, 0.15) is 5.75 Å². The van der Waals surface area contributed by atoms with Gasteiger partial charge in [-0.05, 0) is 30.5 Å². The fourth-order valence-corrected chi connectivity index (χ4v) is 1.58. The Bertz CT molecular complexity index is 355. The molecule has 1 rings (SSSR count). The summed E-state index contributed by atoms with van der Waals surface area (Å²) in [6.07, 6.45) is 1.58. The molecule has 1 aromatic rings. The lowest BCUT2D eigenvalue weighted by atomic mass is 10.1. The molecule has 0 saturated carbocycles. The Kier molecular flexibility index (Phi) is 7.03. The first-order valence-corrected chi connectivity index (χ1v) is 6.50. The van der Waals surface area contributed by atoms with Crippen LogP contribution >= 0.6 is 11.6 Å². The van der Waals surface area contributed by atoms with Gasteiger partial charge in [0.05, 0.1) is 7.11 Å². The van der Waals surface area contributed by atoms with Gasteiger partial charge in [0.2, 0.25) is 0 Å². The van der Waals surface area contributed by atoms with Crippen LogP contribution in [0, 0.1) is 0 Å². The van der Waals surface area contributed by atoms with Gasteiger partial charge in [-0.3, -0.25) is 0 Å². The molecule has 0 aliphatic carbocycles. The molecule has 0 unspecified atom stereocenters. The minimum Gasteiger partial charge on any atom is -0.497 e. The SMILES string of the molecule is COc1ccc(CCNC(=O)NCCCCl)cc1. The third kappa shape index (κ3) is 5.77. The zero-order chi connectivity index (χ0) is 13.2. The Morgan fingerprint density at radius 1 is 1.22 bits per heavy atom. The highest BCUT2D eigenvalue weighted by molar-refractivity contribution is 6.17. The van der Waals surface area contributed by atoms with Gasteiger partial charge in [-0.1, -0.05) is 12.1 Å². The van der Waals surface area contributed by atoms with E-state index in [-0.39, 0.29) is 6.03 Å². The van der Waals surface area contributed by atoms with Crippen molar-refractivity contribution in [2.75, 3.05) is 26.1 Å². The Balaban J connectivity index is 2.18. The van der Waals surface area contributed by atoms with Gasteiger partial charge in [-0.2, -0.15) is 0 Å². The van der Waals surface area contributed by atoms with Gasteiger partial charge >= 0.3 is 6.03 Å². The second-order valence-electron chi connectivity index (χ2n) is 3.82. The number of urea groups is 1. The number of carbonyl (C=O) groups excluding carboxylic acids is 1. The first-order chi connectivity index (χ1) is 8.76. The van der Waals surface area contributed by atoms with Gasteiger partial charge < -0.3 is 15.4 Å². The first-order valence-electron chi connectivity index (χ1n) is 5.97. The van der Waals surface area contributed by atoms with Crippen LogP contribution < -0.4 is 15.4 Å². The van der Waals surface area contributed by atoms with Crippen molar-refractivity contribution in [3.63, 3.8) is 0 Å². The van der Waals surface area contributed by atoms with Crippen LogP contribution in [0.5, 0.6) is 5.75 Å². The molecule has 1 aromatic carbocycles. The molecule has 0 spiro atoms. The minimum absolute atomic E-state index is 0.145. The Hall–Kier alpha value is -1.42. The first kappa shape index (κ1) is 14.6. The molecule has 0 saturated heterocycles. The molecule has 100 valence electrons. The van der Waals surface area contributed by atoms with E-state index in [0.717, 1.165) is 24.2 Å². The van der Waals surface area contributed by atoms with E-state index >= 15 is 0 Å². The number of hydrogen-bond donors (Lipinski definition) is 2. The van der Waals surface area contributed by atoms with Crippen molar-refractivity contribution in [2.45, 2.75) is 12.8 Å². The number of methoxy groups -OCH3 is 1. The summed E-state index contributed by atoms with van der Waals surface area (Å²) in [4.78, 5) is 11.3. The van der Waals surface area contributed by atoms with Gasteiger partial charge in [0.15, 0.2) is 0 Å². The number of ether oxygens (including phenoxy) is 1. The van der Waals surface area contributed by atoms with Crippen molar-refractivity contribution in [1.29, 1.82) is 0 Å². The van der Waals surface area contributed by atoms with Crippen LogP contribution in [-0.2, 0) is 6.42 Å². The van der Waals surface area contributed by atoms with Gasteiger partial charge in [0.25, 0.3) is 0 Å². The van der Waals surface area contributed by atoms with Crippen molar-refractivity contribution in [3.8, 4) is 5.75 Å². The topological polar surface area (TPSA) is 50.4 Å². The maximum Gasteiger partial charge on any atom is 0.314 e. The number of nitrogens with one attached hydrogen (secondary N) is 2. The molecule has 2 N–H and O–H groups in total. The monoisotopic (exact) mass is 270 g/mol. The number of alkyl halides is 1. The molecule has 0 radical (unpaired) electrons.